The lowest BCUT2D eigenvalue weighted by molar-refractivity contribution is 0.824. The van der Waals surface area contributed by atoms with E-state index in [1.807, 2.05) is 0 Å². The Morgan fingerprint density at radius 1 is 1.00 bits per heavy atom. The van der Waals surface area contributed by atoms with Gasteiger partial charge in [0, 0.05) is 0 Å². The van der Waals surface area contributed by atoms with Gasteiger partial charge in [0.25, 0.3) is 0 Å². The summed E-state index contributed by atoms with van der Waals surface area (Å²) in [6, 6.07) is 0. The lowest BCUT2D eigenvalue weighted by Crippen LogP contribution is -0.552. The highest BCUT2D eigenvalue weighted by atomic mass is 16.0. The van der Waals surface area contributed by atoms with Crippen molar-refractivity contribution in [3.63, 3.8) is 0 Å². The molecule has 0 aromatic rings. The van der Waals surface area contributed by atoms with E-state index in [-0.39, 0.29) is 11.6 Å². The maximum absolute atomic E-state index is 3.00. The zero-order valence-corrected chi connectivity index (χ0v) is 2.86. The van der Waals surface area contributed by atoms with E-state index in [4.69, 9.17) is 0 Å². The Kier molecular flexibility index (Phi) is 942. The Balaban J connectivity index is -0.00000000500. The summed E-state index contributed by atoms with van der Waals surface area (Å²) < 4.78 is 0. The summed E-state index contributed by atoms with van der Waals surface area (Å²) in [6.07, 6.45) is 0. The topological polar surface area (TPSA) is 66.5 Å². The van der Waals surface area contributed by atoms with E-state index in [1.54, 1.807) is 0 Å². The van der Waals surface area contributed by atoms with Gasteiger partial charge in [-0.3, -0.25) is 0 Å². The summed E-state index contributed by atoms with van der Waals surface area (Å²) in [7, 11) is 0. The fraction of sp³-hybridized carbons (Fsp3) is 0. The molecule has 0 saturated heterocycles. The molecular formula is C2H9NO. The molecule has 0 aromatic carbocycles. The molecule has 0 unspecified atom stereocenters. The molecule has 4 heavy (non-hydrogen) atoms. The second kappa shape index (κ2) is 63.4. The molecule has 0 aliphatic carbocycles. The van der Waals surface area contributed by atoms with Crippen LogP contribution in [0.2, 0.25) is 0 Å². The maximum atomic E-state index is 3.00. The van der Waals surface area contributed by atoms with Gasteiger partial charge in [-0.05, 0) is 0 Å². The van der Waals surface area contributed by atoms with Crippen LogP contribution in [0.4, 0.5) is 0 Å². The molecule has 28 valence electrons. The minimum atomic E-state index is 0. The molecular weight excluding hydrogens is 54.0 g/mol. The molecule has 0 spiro atoms. The van der Waals surface area contributed by atoms with Crippen LogP contribution in [0.15, 0.2) is 13.2 Å². The second-order valence-corrected chi connectivity index (χ2v) is 0. The Morgan fingerprint density at radius 3 is 1.00 bits per heavy atom. The largest absolute Gasteiger partial charge is 0.870 e. The van der Waals surface area contributed by atoms with E-state index in [2.05, 4.69) is 13.2 Å². The summed E-state index contributed by atoms with van der Waals surface area (Å²) in [5, 5.41) is 0. The molecule has 0 aromatic heterocycles. The van der Waals surface area contributed by atoms with Crippen molar-refractivity contribution >= 4 is 0 Å². The highest BCUT2D eigenvalue weighted by Crippen LogP contribution is 0.862. The first kappa shape index (κ1) is 59.5. The molecule has 2 heteroatoms. The van der Waals surface area contributed by atoms with Gasteiger partial charge in [0.05, 0.1) is 0 Å². The van der Waals surface area contributed by atoms with Crippen molar-refractivity contribution in [3.8, 4) is 0 Å². The van der Waals surface area contributed by atoms with E-state index in [1.165, 1.54) is 0 Å². The molecule has 5 N–H and O–H groups in total. The third-order valence-electron chi connectivity index (χ3n) is 0. The van der Waals surface area contributed by atoms with E-state index >= 15 is 0 Å². The van der Waals surface area contributed by atoms with Crippen molar-refractivity contribution in [3.05, 3.63) is 13.2 Å². The predicted octanol–water partition coefficient (Wildman–Crippen LogP) is 1.00. The van der Waals surface area contributed by atoms with Gasteiger partial charge in [-0.1, -0.05) is 0 Å². The highest BCUT2D eigenvalue weighted by molar-refractivity contribution is 4.22. The predicted molar refractivity (Wildman–Crippen MR) is 19.2 cm³/mol. The third-order valence-corrected chi connectivity index (χ3v) is 0. The summed E-state index contributed by atoms with van der Waals surface area (Å²) >= 11 is 0. The smallest absolute Gasteiger partial charge is 0.106 e. The van der Waals surface area contributed by atoms with Gasteiger partial charge in [-0.2, -0.15) is 0 Å². The van der Waals surface area contributed by atoms with Crippen LogP contribution in [0.5, 0.6) is 0 Å². The summed E-state index contributed by atoms with van der Waals surface area (Å²) in [5.41, 5.74) is 0. The van der Waals surface area contributed by atoms with E-state index in [0.717, 1.165) is 0 Å². The maximum Gasteiger partial charge on any atom is -0.106 e. The first-order chi connectivity index (χ1) is 1.00. The normalized spacial score (nSPS) is 1.00. The van der Waals surface area contributed by atoms with Crippen LogP contribution in [0, 0.1) is 0 Å². The molecule has 0 amide bonds. The lowest BCUT2D eigenvalue weighted by Gasteiger charge is -0.870. The summed E-state index contributed by atoms with van der Waals surface area (Å²) in [4.78, 5) is 0. The molecule has 0 atom stereocenters. The number of quaternary nitrogens is 1. The molecule has 0 heterocycles. The van der Waals surface area contributed by atoms with Crippen LogP contribution in [-0.2, 0) is 0 Å². The Bertz CT molecular complexity index is 6.00. The fourth-order valence-electron chi connectivity index (χ4n) is 0. The standard InChI is InChI=1S/C2H4.H3N.H2O/c1-2;;/h1-2H2;1H3;1H2. The number of hydrogen-bond acceptors (Lipinski definition) is 1. The Labute approximate surface area is 26.0 Å². The molecule has 0 saturated carbocycles. The van der Waals surface area contributed by atoms with Crippen molar-refractivity contribution < 1.29 is 5.48 Å². The van der Waals surface area contributed by atoms with E-state index < -0.39 is 0 Å². The number of hydrogen-bond donors (Lipinski definition) is 1. The first-order valence-electron chi connectivity index (χ1n) is 0.500. The van der Waals surface area contributed by atoms with Crippen molar-refractivity contribution in [1.29, 1.82) is 0 Å². The quantitative estimate of drug-likeness (QED) is 0.419. The molecule has 0 aliphatic heterocycles. The van der Waals surface area contributed by atoms with Gasteiger partial charge in [-0.15, -0.1) is 13.2 Å². The minimum absolute atomic E-state index is 0. The number of rotatable bonds is 0. The zero-order chi connectivity index (χ0) is 2.00. The molecule has 2 nitrogen and oxygen atoms in total. The van der Waals surface area contributed by atoms with Crippen molar-refractivity contribution in [1.82, 2.24) is 6.15 Å². The van der Waals surface area contributed by atoms with Crippen LogP contribution in [-0.4, -0.2) is 5.48 Å². The molecule has 0 aliphatic rings. The van der Waals surface area contributed by atoms with Crippen LogP contribution in [0.1, 0.15) is 0 Å². The van der Waals surface area contributed by atoms with Crippen LogP contribution in [0.25, 0.3) is 0 Å². The van der Waals surface area contributed by atoms with E-state index in [9.17, 15) is 0 Å². The summed E-state index contributed by atoms with van der Waals surface area (Å²) in [6.45, 7) is 6.00. The lowest BCUT2D eigenvalue weighted by atomic mass is 11.3. The van der Waals surface area contributed by atoms with Crippen LogP contribution < -0.4 is 6.15 Å². The van der Waals surface area contributed by atoms with Gasteiger partial charge in [0.1, 0.15) is 0 Å². The molecule has 0 rings (SSSR count). The second-order valence-electron chi connectivity index (χ2n) is 0. The van der Waals surface area contributed by atoms with Gasteiger partial charge in [-0.25, -0.2) is 0 Å². The third kappa shape index (κ3) is 6.26. The molecule has 0 radical (unpaired) electrons. The highest BCUT2D eigenvalue weighted by Gasteiger charge is 0.601. The van der Waals surface area contributed by atoms with Gasteiger partial charge >= 0.3 is 0 Å². The fourth-order valence-corrected chi connectivity index (χ4v) is 0. The summed E-state index contributed by atoms with van der Waals surface area (Å²) in [5.74, 6) is 0. The molecule has 0 bridgehead atoms. The van der Waals surface area contributed by atoms with E-state index in [0.29, 0.717) is 0 Å². The SMILES string of the molecule is C=C.[NH4+].[OH-]. The average Bonchev–Trinajstić information content (AvgIpc) is 1.00. The monoisotopic (exact) mass is 63.1 g/mol. The Morgan fingerprint density at radius 2 is 1.00 bits per heavy atom. The van der Waals surface area contributed by atoms with Crippen molar-refractivity contribution in [2.45, 2.75) is 0 Å². The van der Waals surface area contributed by atoms with Gasteiger partial charge < -0.3 is 11.6 Å². The van der Waals surface area contributed by atoms with Gasteiger partial charge in [0.2, 0.25) is 0 Å². The zero-order valence-electron chi connectivity index (χ0n) is 2.86. The van der Waals surface area contributed by atoms with Crippen LogP contribution in [0.3, 0.4) is 0 Å². The van der Waals surface area contributed by atoms with Crippen molar-refractivity contribution in [2.75, 3.05) is 0 Å². The molecule has 0 fully saturated rings. The van der Waals surface area contributed by atoms with Crippen LogP contribution >= 0.6 is 0 Å². The first-order valence-corrected chi connectivity index (χ1v) is 0.500. The average molecular weight is 63.1 g/mol. The minimum Gasteiger partial charge on any atom is -0.870 e. The Hall–Kier alpha value is -0.340. The van der Waals surface area contributed by atoms with Gasteiger partial charge in [0.15, 0.2) is 0 Å². The van der Waals surface area contributed by atoms with Crippen molar-refractivity contribution in [2.24, 2.45) is 0 Å².